The molecule has 0 amide bonds. The monoisotopic (exact) mass is 182 g/mol. The van der Waals surface area contributed by atoms with Crippen molar-refractivity contribution in [1.29, 1.82) is 0 Å². The zero-order chi connectivity index (χ0) is 9.69. The summed E-state index contributed by atoms with van der Waals surface area (Å²) in [5.41, 5.74) is -1.09. The highest BCUT2D eigenvalue weighted by molar-refractivity contribution is 5.32. The Morgan fingerprint density at radius 2 is 2.23 bits per heavy atom. The summed E-state index contributed by atoms with van der Waals surface area (Å²) in [7, 11) is 0. The number of rotatable bonds is 0. The molecule has 1 unspecified atom stereocenters. The molecule has 0 aliphatic carbocycles. The minimum atomic E-state index is -0.944. The van der Waals surface area contributed by atoms with Gasteiger partial charge in [-0.05, 0) is 20.8 Å². The van der Waals surface area contributed by atoms with Gasteiger partial charge in [-0.1, -0.05) is 0 Å². The van der Waals surface area contributed by atoms with Crippen molar-refractivity contribution in [2.75, 3.05) is 5.32 Å². The molecule has 2 N–H and O–H groups in total. The lowest BCUT2D eigenvalue weighted by Gasteiger charge is -2.40. The quantitative estimate of drug-likeness (QED) is 0.614. The molecule has 1 aliphatic rings. The van der Waals surface area contributed by atoms with E-state index in [1.807, 2.05) is 13.8 Å². The van der Waals surface area contributed by atoms with Gasteiger partial charge >= 0.3 is 0 Å². The van der Waals surface area contributed by atoms with E-state index in [0.717, 1.165) is 0 Å². The van der Waals surface area contributed by atoms with E-state index in [1.54, 1.807) is 6.92 Å². The molecule has 5 nitrogen and oxygen atoms in total. The number of nitrogens with zero attached hydrogens (tertiary/aromatic N) is 3. The average molecular weight is 182 g/mol. The van der Waals surface area contributed by atoms with Crippen LogP contribution in [0.4, 0.5) is 5.95 Å². The van der Waals surface area contributed by atoms with Crippen LogP contribution in [0.5, 0.6) is 0 Å². The second-order valence-corrected chi connectivity index (χ2v) is 4.40. The van der Waals surface area contributed by atoms with Crippen molar-refractivity contribution in [1.82, 2.24) is 14.8 Å². The first-order chi connectivity index (χ1) is 5.91. The molecule has 1 atom stereocenters. The summed E-state index contributed by atoms with van der Waals surface area (Å²) in [6.07, 6.45) is 2.05. The van der Waals surface area contributed by atoms with E-state index in [2.05, 4.69) is 15.4 Å². The van der Waals surface area contributed by atoms with Crippen molar-refractivity contribution in [3.8, 4) is 0 Å². The Morgan fingerprint density at radius 3 is 2.92 bits per heavy atom. The third-order valence-corrected chi connectivity index (χ3v) is 2.23. The van der Waals surface area contributed by atoms with E-state index in [4.69, 9.17) is 0 Å². The SMILES string of the molecule is CC1(C)CC(C)(O)n2ncnc2N1. The van der Waals surface area contributed by atoms with Crippen LogP contribution in [-0.2, 0) is 5.72 Å². The Hall–Kier alpha value is -1.10. The lowest BCUT2D eigenvalue weighted by molar-refractivity contribution is -0.0562. The summed E-state index contributed by atoms with van der Waals surface area (Å²) >= 11 is 0. The average Bonchev–Trinajstić information content (AvgIpc) is 2.29. The van der Waals surface area contributed by atoms with Gasteiger partial charge in [-0.15, -0.1) is 0 Å². The van der Waals surface area contributed by atoms with Gasteiger partial charge in [-0.25, -0.2) is 4.68 Å². The molecule has 2 rings (SSSR count). The number of hydrogen-bond acceptors (Lipinski definition) is 4. The van der Waals surface area contributed by atoms with E-state index in [1.165, 1.54) is 11.0 Å². The highest BCUT2D eigenvalue weighted by Gasteiger charge is 2.39. The van der Waals surface area contributed by atoms with Crippen molar-refractivity contribution in [2.45, 2.75) is 38.5 Å². The van der Waals surface area contributed by atoms with Gasteiger partial charge in [-0.3, -0.25) is 0 Å². The normalized spacial score (nSPS) is 30.8. The fraction of sp³-hybridized carbons (Fsp3) is 0.750. The van der Waals surface area contributed by atoms with Crippen molar-refractivity contribution in [2.24, 2.45) is 0 Å². The molecule has 0 aromatic carbocycles. The molecular formula is C8H14N4O. The molecule has 0 saturated heterocycles. The number of aliphatic hydroxyl groups is 1. The molecule has 0 spiro atoms. The molecule has 13 heavy (non-hydrogen) atoms. The second kappa shape index (κ2) is 2.23. The number of fused-ring (bicyclic) bond motifs is 1. The minimum Gasteiger partial charge on any atom is -0.369 e. The van der Waals surface area contributed by atoms with Crippen LogP contribution in [0, 0.1) is 0 Å². The fourth-order valence-electron chi connectivity index (χ4n) is 1.94. The van der Waals surface area contributed by atoms with Crippen LogP contribution in [0.3, 0.4) is 0 Å². The van der Waals surface area contributed by atoms with Gasteiger partial charge < -0.3 is 10.4 Å². The van der Waals surface area contributed by atoms with E-state index in [9.17, 15) is 5.11 Å². The zero-order valence-electron chi connectivity index (χ0n) is 8.07. The van der Waals surface area contributed by atoms with Gasteiger partial charge in [0.1, 0.15) is 6.33 Å². The molecule has 0 bridgehead atoms. The maximum absolute atomic E-state index is 10.1. The second-order valence-electron chi connectivity index (χ2n) is 4.40. The molecule has 1 aromatic rings. The van der Waals surface area contributed by atoms with E-state index < -0.39 is 5.72 Å². The van der Waals surface area contributed by atoms with E-state index in [-0.39, 0.29) is 5.54 Å². The summed E-state index contributed by atoms with van der Waals surface area (Å²) in [5.74, 6) is 0.626. The first-order valence-corrected chi connectivity index (χ1v) is 4.32. The van der Waals surface area contributed by atoms with Gasteiger partial charge in [0, 0.05) is 12.0 Å². The van der Waals surface area contributed by atoms with Gasteiger partial charge in [0.15, 0.2) is 5.72 Å². The Balaban J connectivity index is 2.48. The summed E-state index contributed by atoms with van der Waals surface area (Å²) in [6.45, 7) is 5.80. The van der Waals surface area contributed by atoms with Crippen LogP contribution in [0.15, 0.2) is 6.33 Å². The maximum Gasteiger partial charge on any atom is 0.224 e. The summed E-state index contributed by atoms with van der Waals surface area (Å²) < 4.78 is 1.51. The molecule has 0 radical (unpaired) electrons. The highest BCUT2D eigenvalue weighted by Crippen LogP contribution is 2.33. The molecule has 1 aromatic heterocycles. The smallest absolute Gasteiger partial charge is 0.224 e. The zero-order valence-corrected chi connectivity index (χ0v) is 8.07. The number of anilines is 1. The largest absolute Gasteiger partial charge is 0.369 e. The third-order valence-electron chi connectivity index (χ3n) is 2.23. The number of aromatic nitrogens is 3. The van der Waals surface area contributed by atoms with Crippen LogP contribution in [-0.4, -0.2) is 25.4 Å². The number of nitrogens with one attached hydrogen (secondary N) is 1. The molecule has 1 aliphatic heterocycles. The predicted octanol–water partition coefficient (Wildman–Crippen LogP) is 0.537. The minimum absolute atomic E-state index is 0.146. The summed E-state index contributed by atoms with van der Waals surface area (Å²) in [4.78, 5) is 4.03. The van der Waals surface area contributed by atoms with Crippen LogP contribution >= 0.6 is 0 Å². The van der Waals surface area contributed by atoms with Crippen LogP contribution in [0.2, 0.25) is 0 Å². The van der Waals surface area contributed by atoms with Gasteiger partial charge in [0.25, 0.3) is 0 Å². The summed E-state index contributed by atoms with van der Waals surface area (Å²) in [6, 6.07) is 0. The van der Waals surface area contributed by atoms with Gasteiger partial charge in [0.05, 0.1) is 0 Å². The summed E-state index contributed by atoms with van der Waals surface area (Å²) in [5, 5.41) is 17.2. The Labute approximate surface area is 76.8 Å². The topological polar surface area (TPSA) is 63.0 Å². The molecule has 2 heterocycles. The van der Waals surface area contributed by atoms with Crippen molar-refractivity contribution in [3.63, 3.8) is 0 Å². The lowest BCUT2D eigenvalue weighted by atomic mass is 9.92. The Morgan fingerprint density at radius 1 is 1.54 bits per heavy atom. The van der Waals surface area contributed by atoms with E-state index in [0.29, 0.717) is 12.4 Å². The predicted molar refractivity (Wildman–Crippen MR) is 48.2 cm³/mol. The molecular weight excluding hydrogens is 168 g/mol. The fourth-order valence-corrected chi connectivity index (χ4v) is 1.94. The standard InChI is InChI=1S/C8H14N4O/c1-7(2)4-8(3,13)12-6(11-7)9-5-10-12/h5,13H,4H2,1-3H3,(H,9,10,11). The van der Waals surface area contributed by atoms with Crippen molar-refractivity contribution in [3.05, 3.63) is 6.33 Å². The first kappa shape index (κ1) is 8.50. The Kier molecular flexibility index (Phi) is 1.46. The van der Waals surface area contributed by atoms with Crippen molar-refractivity contribution < 1.29 is 5.11 Å². The van der Waals surface area contributed by atoms with E-state index >= 15 is 0 Å². The highest BCUT2D eigenvalue weighted by atomic mass is 16.3. The molecule has 0 saturated carbocycles. The van der Waals surface area contributed by atoms with Crippen molar-refractivity contribution >= 4 is 5.95 Å². The van der Waals surface area contributed by atoms with Gasteiger partial charge in [0.2, 0.25) is 5.95 Å². The maximum atomic E-state index is 10.1. The number of hydrogen-bond donors (Lipinski definition) is 2. The molecule has 0 fully saturated rings. The lowest BCUT2D eigenvalue weighted by Crippen LogP contribution is -2.49. The first-order valence-electron chi connectivity index (χ1n) is 4.32. The van der Waals surface area contributed by atoms with Crippen LogP contribution in [0.1, 0.15) is 27.2 Å². The Bertz CT molecular complexity index is 329. The van der Waals surface area contributed by atoms with Gasteiger partial charge in [-0.2, -0.15) is 10.1 Å². The van der Waals surface area contributed by atoms with Crippen LogP contribution in [0.25, 0.3) is 0 Å². The third kappa shape index (κ3) is 1.29. The molecule has 5 heteroatoms. The molecule has 72 valence electrons. The van der Waals surface area contributed by atoms with Crippen LogP contribution < -0.4 is 5.32 Å².